The summed E-state index contributed by atoms with van der Waals surface area (Å²) in [6, 6.07) is 14.2. The predicted molar refractivity (Wildman–Crippen MR) is 103 cm³/mol. The summed E-state index contributed by atoms with van der Waals surface area (Å²) in [5.41, 5.74) is 1.37. The van der Waals surface area contributed by atoms with Gasteiger partial charge in [-0.3, -0.25) is 4.79 Å². The van der Waals surface area contributed by atoms with Gasteiger partial charge in [0.25, 0.3) is 0 Å². The Balaban J connectivity index is 2.03. The zero-order valence-corrected chi connectivity index (χ0v) is 16.2. The van der Waals surface area contributed by atoms with Crippen LogP contribution in [0.2, 0.25) is 5.02 Å². The van der Waals surface area contributed by atoms with Crippen LogP contribution in [-0.2, 0) is 21.2 Å². The quantitative estimate of drug-likeness (QED) is 0.744. The average molecular weight is 397 g/mol. The number of rotatable bonds is 8. The molecule has 0 aliphatic carbocycles. The van der Waals surface area contributed by atoms with Crippen molar-refractivity contribution < 1.29 is 17.9 Å². The van der Waals surface area contributed by atoms with Gasteiger partial charge in [0.2, 0.25) is 15.9 Å². The zero-order valence-electron chi connectivity index (χ0n) is 14.6. The molecule has 0 unspecified atom stereocenters. The molecule has 140 valence electrons. The van der Waals surface area contributed by atoms with E-state index in [0.717, 1.165) is 16.1 Å². The Labute approximate surface area is 158 Å². The molecule has 0 fully saturated rings. The molecule has 6 nitrogen and oxygen atoms in total. The van der Waals surface area contributed by atoms with Crippen LogP contribution < -0.4 is 10.1 Å². The Morgan fingerprint density at radius 3 is 2.58 bits per heavy atom. The number of amides is 1. The molecular formula is C18H21ClN2O4S. The van der Waals surface area contributed by atoms with E-state index in [4.69, 9.17) is 16.3 Å². The second-order valence-corrected chi connectivity index (χ2v) is 8.12. The predicted octanol–water partition coefficient (Wildman–Crippen LogP) is 2.79. The van der Waals surface area contributed by atoms with Crippen LogP contribution in [0, 0.1) is 0 Å². The van der Waals surface area contributed by atoms with Crippen LogP contribution in [-0.4, -0.2) is 45.1 Å². The van der Waals surface area contributed by atoms with E-state index in [1.165, 1.54) is 0 Å². The molecular weight excluding hydrogens is 376 g/mol. The summed E-state index contributed by atoms with van der Waals surface area (Å²) in [7, 11) is -1.97. The highest BCUT2D eigenvalue weighted by Gasteiger charge is 2.20. The molecule has 0 radical (unpaired) electrons. The van der Waals surface area contributed by atoms with Gasteiger partial charge in [-0.1, -0.05) is 35.9 Å². The first-order valence-electron chi connectivity index (χ1n) is 7.92. The van der Waals surface area contributed by atoms with Gasteiger partial charge in [-0.25, -0.2) is 8.42 Å². The Kier molecular flexibility index (Phi) is 7.02. The van der Waals surface area contributed by atoms with Crippen LogP contribution >= 0.6 is 11.6 Å². The van der Waals surface area contributed by atoms with E-state index in [9.17, 15) is 13.2 Å². The van der Waals surface area contributed by atoms with Crippen molar-refractivity contribution >= 4 is 33.2 Å². The minimum absolute atomic E-state index is 0.182. The number of sulfonamides is 1. The number of carbonyl (C=O) groups excluding carboxylic acids is 1. The third-order valence-electron chi connectivity index (χ3n) is 3.72. The van der Waals surface area contributed by atoms with Gasteiger partial charge in [-0.05, 0) is 36.2 Å². The van der Waals surface area contributed by atoms with Gasteiger partial charge in [0.15, 0.2) is 0 Å². The van der Waals surface area contributed by atoms with Crippen molar-refractivity contribution in [2.75, 3.05) is 31.8 Å². The van der Waals surface area contributed by atoms with Gasteiger partial charge in [-0.15, -0.1) is 0 Å². The summed E-state index contributed by atoms with van der Waals surface area (Å²) in [6.45, 7) is -0.101. The van der Waals surface area contributed by atoms with E-state index >= 15 is 0 Å². The van der Waals surface area contributed by atoms with Gasteiger partial charge in [0, 0.05) is 6.54 Å². The first kappa shape index (κ1) is 20.2. The number of anilines is 1. The summed E-state index contributed by atoms with van der Waals surface area (Å²) in [5, 5.41) is 3.02. The Hall–Kier alpha value is -2.09. The first-order chi connectivity index (χ1) is 12.3. The van der Waals surface area contributed by atoms with Gasteiger partial charge in [-0.2, -0.15) is 4.31 Å². The SMILES string of the molecule is COc1cccc(CCN(CC(=O)Nc2ccccc2Cl)S(C)(=O)=O)c1. The van der Waals surface area contributed by atoms with Gasteiger partial charge >= 0.3 is 0 Å². The largest absolute Gasteiger partial charge is 0.497 e. The third-order valence-corrected chi connectivity index (χ3v) is 5.30. The first-order valence-corrected chi connectivity index (χ1v) is 10.1. The van der Waals surface area contributed by atoms with E-state index in [0.29, 0.717) is 22.9 Å². The number of nitrogens with one attached hydrogen (secondary N) is 1. The highest BCUT2D eigenvalue weighted by molar-refractivity contribution is 7.88. The Morgan fingerprint density at radius 2 is 1.92 bits per heavy atom. The van der Waals surface area contributed by atoms with Crippen molar-refractivity contribution in [1.29, 1.82) is 0 Å². The maximum atomic E-state index is 12.2. The van der Waals surface area contributed by atoms with Crippen molar-refractivity contribution in [1.82, 2.24) is 4.31 Å². The molecule has 0 bridgehead atoms. The van der Waals surface area contributed by atoms with E-state index in [1.807, 2.05) is 24.3 Å². The third kappa shape index (κ3) is 6.01. The molecule has 0 aliphatic rings. The van der Waals surface area contributed by atoms with Crippen molar-refractivity contribution in [2.24, 2.45) is 0 Å². The standard InChI is InChI=1S/C18H21ClN2O4S/c1-25-15-7-5-6-14(12-15)10-11-21(26(2,23)24)13-18(22)20-17-9-4-3-8-16(17)19/h3-9,12H,10-11,13H2,1-2H3,(H,20,22). The van der Waals surface area contributed by atoms with Gasteiger partial charge < -0.3 is 10.1 Å². The fourth-order valence-electron chi connectivity index (χ4n) is 2.36. The van der Waals surface area contributed by atoms with Crippen LogP contribution in [0.15, 0.2) is 48.5 Å². The monoisotopic (exact) mass is 396 g/mol. The van der Waals surface area contributed by atoms with Crippen molar-refractivity contribution in [3.05, 3.63) is 59.1 Å². The van der Waals surface area contributed by atoms with E-state index in [-0.39, 0.29) is 13.1 Å². The molecule has 1 N–H and O–H groups in total. The summed E-state index contributed by atoms with van der Waals surface area (Å²) in [5.74, 6) is 0.249. The van der Waals surface area contributed by atoms with E-state index < -0.39 is 15.9 Å². The molecule has 0 saturated heterocycles. The maximum Gasteiger partial charge on any atom is 0.239 e. The van der Waals surface area contributed by atoms with Gasteiger partial charge in [0.05, 0.1) is 30.6 Å². The molecule has 8 heteroatoms. The number of benzene rings is 2. The Bertz CT molecular complexity index is 871. The van der Waals surface area contributed by atoms with Crippen molar-refractivity contribution in [3.63, 3.8) is 0 Å². The molecule has 0 spiro atoms. The smallest absolute Gasteiger partial charge is 0.239 e. The maximum absolute atomic E-state index is 12.2. The molecule has 2 rings (SSSR count). The minimum Gasteiger partial charge on any atom is -0.497 e. The molecule has 2 aromatic rings. The van der Waals surface area contributed by atoms with Crippen LogP contribution in [0.3, 0.4) is 0 Å². The summed E-state index contributed by atoms with van der Waals surface area (Å²) in [4.78, 5) is 12.2. The number of para-hydroxylation sites is 1. The molecule has 1 amide bonds. The number of ether oxygens (including phenoxy) is 1. The second-order valence-electron chi connectivity index (χ2n) is 5.73. The van der Waals surface area contributed by atoms with Crippen LogP contribution in [0.4, 0.5) is 5.69 Å². The molecule has 0 saturated carbocycles. The average Bonchev–Trinajstić information content (AvgIpc) is 2.60. The summed E-state index contributed by atoms with van der Waals surface area (Å²) >= 11 is 6.01. The number of halogens is 1. The fourth-order valence-corrected chi connectivity index (χ4v) is 3.31. The number of hydrogen-bond donors (Lipinski definition) is 1. The molecule has 0 atom stereocenters. The summed E-state index contributed by atoms with van der Waals surface area (Å²) in [6.07, 6.45) is 1.55. The highest BCUT2D eigenvalue weighted by atomic mass is 35.5. The van der Waals surface area contributed by atoms with Crippen LogP contribution in [0.1, 0.15) is 5.56 Å². The highest BCUT2D eigenvalue weighted by Crippen LogP contribution is 2.20. The molecule has 0 aromatic heterocycles. The van der Waals surface area contributed by atoms with Crippen molar-refractivity contribution in [3.8, 4) is 5.75 Å². The van der Waals surface area contributed by atoms with Crippen LogP contribution in [0.25, 0.3) is 0 Å². The molecule has 0 heterocycles. The molecule has 0 aliphatic heterocycles. The van der Waals surface area contributed by atoms with Crippen LogP contribution in [0.5, 0.6) is 5.75 Å². The summed E-state index contributed by atoms with van der Waals surface area (Å²) < 4.78 is 30.4. The lowest BCUT2D eigenvalue weighted by Crippen LogP contribution is -2.38. The van der Waals surface area contributed by atoms with E-state index in [2.05, 4.69) is 5.32 Å². The number of carbonyl (C=O) groups is 1. The fraction of sp³-hybridized carbons (Fsp3) is 0.278. The molecule has 26 heavy (non-hydrogen) atoms. The number of hydrogen-bond acceptors (Lipinski definition) is 4. The van der Waals surface area contributed by atoms with Gasteiger partial charge in [0.1, 0.15) is 5.75 Å². The molecule has 2 aromatic carbocycles. The number of nitrogens with zero attached hydrogens (tertiary/aromatic N) is 1. The lowest BCUT2D eigenvalue weighted by Gasteiger charge is -2.20. The Morgan fingerprint density at radius 1 is 1.19 bits per heavy atom. The normalized spacial score (nSPS) is 11.4. The lowest BCUT2D eigenvalue weighted by molar-refractivity contribution is -0.116. The lowest BCUT2D eigenvalue weighted by atomic mass is 10.1. The number of methoxy groups -OCH3 is 1. The topological polar surface area (TPSA) is 75.7 Å². The zero-order chi connectivity index (χ0) is 19.2. The van der Waals surface area contributed by atoms with Crippen molar-refractivity contribution in [2.45, 2.75) is 6.42 Å². The van der Waals surface area contributed by atoms with E-state index in [1.54, 1.807) is 31.4 Å². The minimum atomic E-state index is -3.54. The second kappa shape index (κ2) is 9.02.